The maximum absolute atomic E-state index is 10.9. The van der Waals surface area contributed by atoms with Crippen LogP contribution in [0.3, 0.4) is 0 Å². The van der Waals surface area contributed by atoms with Gasteiger partial charge in [-0.05, 0) is 18.9 Å². The molecule has 0 aliphatic heterocycles. The second kappa shape index (κ2) is 5.30. The van der Waals surface area contributed by atoms with Gasteiger partial charge in [-0.2, -0.15) is 0 Å². The van der Waals surface area contributed by atoms with Gasteiger partial charge in [0.15, 0.2) is 0 Å². The van der Waals surface area contributed by atoms with Crippen LogP contribution in [0.1, 0.15) is 17.5 Å². The third-order valence-corrected chi connectivity index (χ3v) is 2.40. The number of hydrogen-bond acceptors (Lipinski definition) is 2. The van der Waals surface area contributed by atoms with E-state index in [2.05, 4.69) is 0 Å². The van der Waals surface area contributed by atoms with Crippen LogP contribution in [0.5, 0.6) is 0 Å². The molecule has 1 atom stereocenters. The molecule has 86 valence electrons. The molecule has 0 saturated carbocycles. The average molecular weight is 221 g/mol. The zero-order valence-corrected chi connectivity index (χ0v) is 9.14. The Morgan fingerprint density at radius 1 is 1.31 bits per heavy atom. The highest BCUT2D eigenvalue weighted by Crippen LogP contribution is 2.13. The molecular weight excluding hydrogens is 206 g/mol. The van der Waals surface area contributed by atoms with E-state index in [1.807, 2.05) is 31.2 Å². The molecule has 1 rings (SSSR count). The van der Waals surface area contributed by atoms with Crippen molar-refractivity contribution in [1.29, 1.82) is 0 Å². The van der Waals surface area contributed by atoms with Gasteiger partial charge in [-0.1, -0.05) is 29.8 Å². The normalized spacial score (nSPS) is 12.1. The number of primary amides is 1. The first-order valence-electron chi connectivity index (χ1n) is 5.05. The molecule has 4 nitrogen and oxygen atoms in total. The topological polar surface area (TPSA) is 80.4 Å². The summed E-state index contributed by atoms with van der Waals surface area (Å²) >= 11 is 0. The Kier molecular flexibility index (Phi) is 4.05. The largest absolute Gasteiger partial charge is 0.481 e. The van der Waals surface area contributed by atoms with Gasteiger partial charge in [0.1, 0.15) is 0 Å². The van der Waals surface area contributed by atoms with Crippen molar-refractivity contribution in [2.24, 2.45) is 11.7 Å². The predicted octanol–water partition coefficient (Wildman–Crippen LogP) is 1.11. The smallest absolute Gasteiger partial charge is 0.307 e. The summed E-state index contributed by atoms with van der Waals surface area (Å²) in [5.74, 6) is -2.31. The zero-order valence-electron chi connectivity index (χ0n) is 9.14. The van der Waals surface area contributed by atoms with Crippen molar-refractivity contribution in [2.45, 2.75) is 19.8 Å². The summed E-state index contributed by atoms with van der Waals surface area (Å²) in [6.45, 7) is 1.96. The third kappa shape index (κ3) is 3.73. The second-order valence-electron chi connectivity index (χ2n) is 3.90. The molecular formula is C12H15NO3. The van der Waals surface area contributed by atoms with Gasteiger partial charge >= 0.3 is 5.97 Å². The number of amides is 1. The van der Waals surface area contributed by atoms with E-state index in [0.717, 1.165) is 11.1 Å². The summed E-state index contributed by atoms with van der Waals surface area (Å²) in [4.78, 5) is 21.6. The molecule has 1 unspecified atom stereocenters. The zero-order chi connectivity index (χ0) is 12.1. The van der Waals surface area contributed by atoms with Crippen molar-refractivity contribution < 1.29 is 14.7 Å². The fourth-order valence-electron chi connectivity index (χ4n) is 1.50. The lowest BCUT2D eigenvalue weighted by molar-refractivity contribution is -0.143. The lowest BCUT2D eigenvalue weighted by Gasteiger charge is -2.10. The molecule has 3 N–H and O–H groups in total. The number of carboxylic acid groups (broad SMARTS) is 1. The highest BCUT2D eigenvalue weighted by molar-refractivity contribution is 5.81. The highest BCUT2D eigenvalue weighted by atomic mass is 16.4. The van der Waals surface area contributed by atoms with E-state index in [0.29, 0.717) is 6.42 Å². The predicted molar refractivity (Wildman–Crippen MR) is 59.8 cm³/mol. The van der Waals surface area contributed by atoms with Gasteiger partial charge < -0.3 is 10.8 Å². The van der Waals surface area contributed by atoms with Crippen LogP contribution in [0.4, 0.5) is 0 Å². The molecule has 0 fully saturated rings. The number of aliphatic carboxylic acids is 1. The summed E-state index contributed by atoms with van der Waals surface area (Å²) in [5, 5.41) is 8.93. The molecule has 0 aliphatic rings. The Balaban J connectivity index is 2.71. The van der Waals surface area contributed by atoms with Gasteiger partial charge in [-0.3, -0.25) is 9.59 Å². The molecule has 0 saturated heterocycles. The molecule has 4 heteroatoms. The Bertz CT molecular complexity index is 384. The van der Waals surface area contributed by atoms with E-state index < -0.39 is 17.8 Å². The molecule has 0 bridgehead atoms. The molecule has 1 amide bonds. The first-order valence-corrected chi connectivity index (χ1v) is 5.05. The molecule has 0 radical (unpaired) electrons. The minimum atomic E-state index is -0.987. The fraction of sp³-hybridized carbons (Fsp3) is 0.333. The molecule has 16 heavy (non-hydrogen) atoms. The van der Waals surface area contributed by atoms with Gasteiger partial charge in [-0.25, -0.2) is 0 Å². The van der Waals surface area contributed by atoms with E-state index in [4.69, 9.17) is 10.8 Å². The van der Waals surface area contributed by atoms with Crippen LogP contribution in [0.2, 0.25) is 0 Å². The van der Waals surface area contributed by atoms with Crippen molar-refractivity contribution in [3.8, 4) is 0 Å². The summed E-state index contributed by atoms with van der Waals surface area (Å²) in [7, 11) is 0. The van der Waals surface area contributed by atoms with Gasteiger partial charge in [0, 0.05) is 6.42 Å². The average Bonchev–Trinajstić information content (AvgIpc) is 2.19. The van der Waals surface area contributed by atoms with Crippen molar-refractivity contribution in [1.82, 2.24) is 0 Å². The Morgan fingerprint density at radius 3 is 2.31 bits per heavy atom. The summed E-state index contributed by atoms with van der Waals surface area (Å²) in [6.07, 6.45) is 0.210. The molecule has 0 aromatic heterocycles. The number of carbonyl (C=O) groups is 2. The van der Waals surface area contributed by atoms with Gasteiger partial charge in [0.25, 0.3) is 0 Å². The second-order valence-corrected chi connectivity index (χ2v) is 3.90. The number of rotatable bonds is 5. The summed E-state index contributed by atoms with van der Waals surface area (Å²) < 4.78 is 0. The summed E-state index contributed by atoms with van der Waals surface area (Å²) in [5.41, 5.74) is 7.02. The molecule has 1 aromatic rings. The summed E-state index contributed by atoms with van der Waals surface area (Å²) in [6, 6.07) is 7.57. The Labute approximate surface area is 94.1 Å². The number of carbonyl (C=O) groups excluding carboxylic acids is 1. The maximum Gasteiger partial charge on any atom is 0.307 e. The van der Waals surface area contributed by atoms with Gasteiger partial charge in [0.2, 0.25) is 5.91 Å². The molecule has 1 aromatic carbocycles. The van der Waals surface area contributed by atoms with E-state index >= 15 is 0 Å². The van der Waals surface area contributed by atoms with Crippen molar-refractivity contribution in [3.05, 3.63) is 35.4 Å². The van der Waals surface area contributed by atoms with Crippen molar-refractivity contribution >= 4 is 11.9 Å². The van der Waals surface area contributed by atoms with Crippen LogP contribution in [0.15, 0.2) is 24.3 Å². The first kappa shape index (κ1) is 12.2. The SMILES string of the molecule is Cc1ccc(CC(CC(N)=O)C(=O)O)cc1. The van der Waals surface area contributed by atoms with Crippen molar-refractivity contribution in [2.75, 3.05) is 0 Å². The fourth-order valence-corrected chi connectivity index (χ4v) is 1.50. The van der Waals surface area contributed by atoms with Crippen LogP contribution >= 0.6 is 0 Å². The van der Waals surface area contributed by atoms with Crippen LogP contribution in [0, 0.1) is 12.8 Å². The van der Waals surface area contributed by atoms with Crippen LogP contribution in [0.25, 0.3) is 0 Å². The number of hydrogen-bond donors (Lipinski definition) is 2. The van der Waals surface area contributed by atoms with Crippen LogP contribution in [-0.2, 0) is 16.0 Å². The number of nitrogens with two attached hydrogens (primary N) is 1. The third-order valence-electron chi connectivity index (χ3n) is 2.40. The van der Waals surface area contributed by atoms with E-state index in [9.17, 15) is 9.59 Å². The Morgan fingerprint density at radius 2 is 1.88 bits per heavy atom. The minimum Gasteiger partial charge on any atom is -0.481 e. The number of carboxylic acids is 1. The van der Waals surface area contributed by atoms with Gasteiger partial charge in [-0.15, -0.1) is 0 Å². The van der Waals surface area contributed by atoms with E-state index in [1.165, 1.54) is 0 Å². The van der Waals surface area contributed by atoms with Crippen LogP contribution < -0.4 is 5.73 Å². The monoisotopic (exact) mass is 221 g/mol. The highest BCUT2D eigenvalue weighted by Gasteiger charge is 2.20. The first-order chi connectivity index (χ1) is 7.49. The minimum absolute atomic E-state index is 0.122. The van der Waals surface area contributed by atoms with Crippen LogP contribution in [-0.4, -0.2) is 17.0 Å². The number of aryl methyl sites for hydroxylation is 1. The molecule has 0 spiro atoms. The van der Waals surface area contributed by atoms with Gasteiger partial charge in [0.05, 0.1) is 5.92 Å². The number of benzene rings is 1. The molecule has 0 aliphatic carbocycles. The molecule has 0 heterocycles. The lowest BCUT2D eigenvalue weighted by atomic mass is 9.95. The van der Waals surface area contributed by atoms with E-state index in [-0.39, 0.29) is 6.42 Å². The standard InChI is InChI=1S/C12H15NO3/c1-8-2-4-9(5-3-8)6-10(12(15)16)7-11(13)14/h2-5,10H,6-7H2,1H3,(H2,13,14)(H,15,16). The van der Waals surface area contributed by atoms with E-state index in [1.54, 1.807) is 0 Å². The maximum atomic E-state index is 10.9. The lowest BCUT2D eigenvalue weighted by Crippen LogP contribution is -2.24. The van der Waals surface area contributed by atoms with Crippen molar-refractivity contribution in [3.63, 3.8) is 0 Å². The quantitative estimate of drug-likeness (QED) is 0.781. The Hall–Kier alpha value is -1.84.